The van der Waals surface area contributed by atoms with Crippen LogP contribution in [-0.4, -0.2) is 27.8 Å². The van der Waals surface area contributed by atoms with Crippen molar-refractivity contribution in [1.29, 1.82) is 0 Å². The van der Waals surface area contributed by atoms with Crippen LogP contribution in [0.3, 0.4) is 0 Å². The van der Waals surface area contributed by atoms with E-state index in [1.165, 1.54) is 0 Å². The minimum absolute atomic E-state index is 0.337. The van der Waals surface area contributed by atoms with Crippen molar-refractivity contribution in [2.24, 2.45) is 5.73 Å². The van der Waals surface area contributed by atoms with Crippen LogP contribution in [-0.2, 0) is 0 Å². The number of nitrogens with zero attached hydrogens (tertiary/aromatic N) is 1. The van der Waals surface area contributed by atoms with Crippen LogP contribution in [0, 0.1) is 6.92 Å². The van der Waals surface area contributed by atoms with Crippen molar-refractivity contribution in [3.8, 4) is 0 Å². The number of aliphatic hydroxyl groups excluding tert-OH is 2. The molecule has 2 aromatic rings. The van der Waals surface area contributed by atoms with E-state index in [-0.39, 0.29) is 0 Å². The van der Waals surface area contributed by atoms with E-state index in [0.717, 1.165) is 0 Å². The van der Waals surface area contributed by atoms with Gasteiger partial charge < -0.3 is 20.4 Å². The summed E-state index contributed by atoms with van der Waals surface area (Å²) in [7, 11) is 0. The molecule has 92 valence electrons. The molecular formula is C12H16N2O3. The average molecular weight is 236 g/mol. The van der Waals surface area contributed by atoms with Crippen molar-refractivity contribution in [3.63, 3.8) is 0 Å². The van der Waals surface area contributed by atoms with Crippen LogP contribution in [0.2, 0.25) is 0 Å². The summed E-state index contributed by atoms with van der Waals surface area (Å²) in [5.41, 5.74) is 7.31. The summed E-state index contributed by atoms with van der Waals surface area (Å²) in [4.78, 5) is 4.18. The highest BCUT2D eigenvalue weighted by Crippen LogP contribution is 2.23. The quantitative estimate of drug-likeness (QED) is 0.732. The van der Waals surface area contributed by atoms with E-state index in [9.17, 15) is 10.2 Å². The Hall–Kier alpha value is -1.43. The summed E-state index contributed by atoms with van der Waals surface area (Å²) < 4.78 is 5.34. The zero-order valence-corrected chi connectivity index (χ0v) is 9.63. The van der Waals surface area contributed by atoms with Gasteiger partial charge in [-0.3, -0.25) is 0 Å². The third-order valence-electron chi connectivity index (χ3n) is 2.69. The molecule has 0 aliphatic heterocycles. The second kappa shape index (κ2) is 4.83. The minimum Gasteiger partial charge on any atom is -0.441 e. The first kappa shape index (κ1) is 12.0. The second-order valence-corrected chi connectivity index (χ2v) is 4.05. The Morgan fingerprint density at radius 1 is 1.41 bits per heavy atom. The van der Waals surface area contributed by atoms with E-state index in [4.69, 9.17) is 10.2 Å². The zero-order chi connectivity index (χ0) is 12.4. The third kappa shape index (κ3) is 2.46. The van der Waals surface area contributed by atoms with Crippen molar-refractivity contribution in [1.82, 2.24) is 4.98 Å². The Morgan fingerprint density at radius 2 is 2.18 bits per heavy atom. The van der Waals surface area contributed by atoms with Gasteiger partial charge >= 0.3 is 0 Å². The number of aliphatic hydroxyl groups is 2. The van der Waals surface area contributed by atoms with E-state index in [1.807, 2.05) is 0 Å². The SMILES string of the molecule is Cc1nc2cc(C(O)C(O)CCN)ccc2o1. The van der Waals surface area contributed by atoms with Gasteiger partial charge in [-0.15, -0.1) is 0 Å². The van der Waals surface area contributed by atoms with E-state index < -0.39 is 12.2 Å². The number of benzene rings is 1. The molecule has 0 amide bonds. The molecule has 2 rings (SSSR count). The second-order valence-electron chi connectivity index (χ2n) is 4.05. The van der Waals surface area contributed by atoms with Gasteiger partial charge in [0, 0.05) is 6.92 Å². The predicted molar refractivity (Wildman–Crippen MR) is 63.4 cm³/mol. The van der Waals surface area contributed by atoms with Crippen LogP contribution in [0.15, 0.2) is 22.6 Å². The monoisotopic (exact) mass is 236 g/mol. The fraction of sp³-hybridized carbons (Fsp3) is 0.417. The number of aryl methyl sites for hydroxylation is 1. The molecule has 5 heteroatoms. The lowest BCUT2D eigenvalue weighted by Crippen LogP contribution is -2.21. The van der Waals surface area contributed by atoms with Gasteiger partial charge in [0.15, 0.2) is 11.5 Å². The van der Waals surface area contributed by atoms with Crippen LogP contribution in [0.5, 0.6) is 0 Å². The number of nitrogens with two attached hydrogens (primary N) is 1. The highest BCUT2D eigenvalue weighted by Gasteiger charge is 2.18. The van der Waals surface area contributed by atoms with Gasteiger partial charge in [0.25, 0.3) is 0 Å². The molecule has 0 fully saturated rings. The summed E-state index contributed by atoms with van der Waals surface area (Å²) in [6, 6.07) is 5.18. The average Bonchev–Trinajstić information content (AvgIpc) is 2.67. The molecular weight excluding hydrogens is 220 g/mol. The number of oxazole rings is 1. The molecule has 1 aromatic carbocycles. The normalized spacial score (nSPS) is 15.1. The third-order valence-corrected chi connectivity index (χ3v) is 2.69. The molecule has 0 bridgehead atoms. The molecule has 1 heterocycles. The maximum Gasteiger partial charge on any atom is 0.192 e. The lowest BCUT2D eigenvalue weighted by atomic mass is 10.0. The molecule has 17 heavy (non-hydrogen) atoms. The minimum atomic E-state index is -0.944. The molecule has 0 aliphatic carbocycles. The molecule has 4 N–H and O–H groups in total. The molecule has 0 aliphatic rings. The van der Waals surface area contributed by atoms with Crippen molar-refractivity contribution >= 4 is 11.1 Å². The summed E-state index contributed by atoms with van der Waals surface area (Å²) in [5.74, 6) is 0.578. The summed E-state index contributed by atoms with van der Waals surface area (Å²) in [6.07, 6.45) is -1.44. The maximum atomic E-state index is 9.92. The number of hydrogen-bond acceptors (Lipinski definition) is 5. The van der Waals surface area contributed by atoms with Crippen LogP contribution >= 0.6 is 0 Å². The number of aromatic nitrogens is 1. The molecule has 5 nitrogen and oxygen atoms in total. The molecule has 0 spiro atoms. The Balaban J connectivity index is 2.28. The molecule has 0 saturated carbocycles. The summed E-state index contributed by atoms with van der Waals surface area (Å²) >= 11 is 0. The van der Waals surface area contributed by atoms with Crippen LogP contribution < -0.4 is 5.73 Å². The fourth-order valence-corrected chi connectivity index (χ4v) is 1.79. The Labute approximate surface area is 98.9 Å². The first-order valence-electron chi connectivity index (χ1n) is 5.55. The summed E-state index contributed by atoms with van der Waals surface area (Å²) in [6.45, 7) is 2.10. The molecule has 1 aromatic heterocycles. The predicted octanol–water partition coefficient (Wildman–Crippen LogP) is 0.879. The first-order chi connectivity index (χ1) is 8.11. The smallest absolute Gasteiger partial charge is 0.192 e. The molecule has 0 radical (unpaired) electrons. The van der Waals surface area contributed by atoms with E-state index in [2.05, 4.69) is 4.98 Å². The number of hydrogen-bond donors (Lipinski definition) is 3. The highest BCUT2D eigenvalue weighted by molar-refractivity contribution is 5.73. The van der Waals surface area contributed by atoms with Crippen LogP contribution in [0.4, 0.5) is 0 Å². The maximum absolute atomic E-state index is 9.92. The Kier molecular flexibility index (Phi) is 3.42. The number of fused-ring (bicyclic) bond motifs is 1. The Morgan fingerprint density at radius 3 is 2.88 bits per heavy atom. The van der Waals surface area contributed by atoms with E-state index in [0.29, 0.717) is 35.5 Å². The standard InChI is InChI=1S/C12H16N2O3/c1-7-14-9-6-8(2-3-11(9)17-7)12(16)10(15)4-5-13/h2-3,6,10,12,15-16H,4-5,13H2,1H3. The first-order valence-corrected chi connectivity index (χ1v) is 5.55. The molecule has 2 atom stereocenters. The number of rotatable bonds is 4. The summed E-state index contributed by atoms with van der Waals surface area (Å²) in [5, 5.41) is 19.6. The van der Waals surface area contributed by atoms with Gasteiger partial charge in [-0.25, -0.2) is 4.98 Å². The largest absolute Gasteiger partial charge is 0.441 e. The highest BCUT2D eigenvalue weighted by atomic mass is 16.3. The van der Waals surface area contributed by atoms with Crippen molar-refractivity contribution < 1.29 is 14.6 Å². The zero-order valence-electron chi connectivity index (χ0n) is 9.63. The van der Waals surface area contributed by atoms with Gasteiger partial charge in [0.2, 0.25) is 0 Å². The van der Waals surface area contributed by atoms with Crippen molar-refractivity contribution in [3.05, 3.63) is 29.7 Å². The Bertz CT molecular complexity index is 509. The lowest BCUT2D eigenvalue weighted by molar-refractivity contribution is 0.0151. The van der Waals surface area contributed by atoms with Crippen molar-refractivity contribution in [2.45, 2.75) is 25.6 Å². The van der Waals surface area contributed by atoms with Gasteiger partial charge in [-0.2, -0.15) is 0 Å². The molecule has 0 saturated heterocycles. The van der Waals surface area contributed by atoms with Gasteiger partial charge in [0.1, 0.15) is 11.6 Å². The fourth-order valence-electron chi connectivity index (χ4n) is 1.79. The van der Waals surface area contributed by atoms with Gasteiger partial charge in [-0.1, -0.05) is 6.07 Å². The topological polar surface area (TPSA) is 92.5 Å². The van der Waals surface area contributed by atoms with Gasteiger partial charge in [-0.05, 0) is 30.7 Å². The van der Waals surface area contributed by atoms with Crippen molar-refractivity contribution in [2.75, 3.05) is 6.54 Å². The van der Waals surface area contributed by atoms with E-state index in [1.54, 1.807) is 25.1 Å². The van der Waals surface area contributed by atoms with Crippen LogP contribution in [0.25, 0.3) is 11.1 Å². The van der Waals surface area contributed by atoms with Crippen LogP contribution in [0.1, 0.15) is 24.0 Å². The molecule has 2 unspecified atom stereocenters. The van der Waals surface area contributed by atoms with E-state index >= 15 is 0 Å². The lowest BCUT2D eigenvalue weighted by Gasteiger charge is -2.17. The van der Waals surface area contributed by atoms with Gasteiger partial charge in [0.05, 0.1) is 6.10 Å².